The molecule has 3 nitrogen and oxygen atoms in total. The lowest BCUT2D eigenvalue weighted by Crippen LogP contribution is -1.99. The van der Waals surface area contributed by atoms with Gasteiger partial charge >= 0.3 is 5.97 Å². The first-order valence-corrected chi connectivity index (χ1v) is 6.20. The lowest BCUT2D eigenvalue weighted by molar-refractivity contribution is -0.136. The standard InChI is InChI=1S/C14H18O3/c15-13-7-5-10(6-8-14(16)17)9-12(13)11-3-1-2-4-11/h5,7,9,11,15H,1-4,6,8H2,(H,16,17). The highest BCUT2D eigenvalue weighted by molar-refractivity contribution is 5.67. The van der Waals surface area contributed by atoms with Gasteiger partial charge in [-0.05, 0) is 42.4 Å². The van der Waals surface area contributed by atoms with Crippen LogP contribution in [0.4, 0.5) is 0 Å². The van der Waals surface area contributed by atoms with E-state index in [1.807, 2.05) is 12.1 Å². The first-order valence-electron chi connectivity index (χ1n) is 6.20. The molecule has 1 aromatic rings. The van der Waals surface area contributed by atoms with Crippen LogP contribution in [0.15, 0.2) is 18.2 Å². The molecule has 0 saturated heterocycles. The highest BCUT2D eigenvalue weighted by Crippen LogP contribution is 2.38. The Labute approximate surface area is 101 Å². The van der Waals surface area contributed by atoms with Crippen molar-refractivity contribution in [2.24, 2.45) is 0 Å². The highest BCUT2D eigenvalue weighted by Gasteiger charge is 2.20. The van der Waals surface area contributed by atoms with Crippen molar-refractivity contribution < 1.29 is 15.0 Å². The number of rotatable bonds is 4. The molecule has 0 atom stereocenters. The number of benzene rings is 1. The Morgan fingerprint density at radius 3 is 2.65 bits per heavy atom. The van der Waals surface area contributed by atoms with Gasteiger partial charge in [-0.1, -0.05) is 25.0 Å². The second kappa shape index (κ2) is 5.21. The van der Waals surface area contributed by atoms with Crippen molar-refractivity contribution in [1.29, 1.82) is 0 Å². The number of carbonyl (C=O) groups is 1. The topological polar surface area (TPSA) is 57.5 Å². The fourth-order valence-corrected chi connectivity index (χ4v) is 2.57. The molecule has 17 heavy (non-hydrogen) atoms. The zero-order chi connectivity index (χ0) is 12.3. The first kappa shape index (κ1) is 12.0. The molecule has 92 valence electrons. The van der Waals surface area contributed by atoms with E-state index in [9.17, 15) is 9.90 Å². The van der Waals surface area contributed by atoms with E-state index < -0.39 is 5.97 Å². The van der Waals surface area contributed by atoms with Crippen LogP contribution in [-0.2, 0) is 11.2 Å². The van der Waals surface area contributed by atoms with Crippen molar-refractivity contribution in [3.63, 3.8) is 0 Å². The summed E-state index contributed by atoms with van der Waals surface area (Å²) in [7, 11) is 0. The van der Waals surface area contributed by atoms with E-state index in [1.54, 1.807) is 6.07 Å². The summed E-state index contributed by atoms with van der Waals surface area (Å²) in [5.41, 5.74) is 2.01. The summed E-state index contributed by atoms with van der Waals surface area (Å²) in [5.74, 6) is 0.0382. The van der Waals surface area contributed by atoms with Gasteiger partial charge in [-0.15, -0.1) is 0 Å². The van der Waals surface area contributed by atoms with E-state index in [2.05, 4.69) is 0 Å². The number of carboxylic acids is 1. The molecule has 0 heterocycles. The Balaban J connectivity index is 2.13. The van der Waals surface area contributed by atoms with Crippen LogP contribution < -0.4 is 0 Å². The molecule has 1 aliphatic carbocycles. The minimum atomic E-state index is -0.777. The normalized spacial score (nSPS) is 16.2. The summed E-state index contributed by atoms with van der Waals surface area (Å²) in [6.45, 7) is 0. The molecule has 0 unspecified atom stereocenters. The molecule has 0 bridgehead atoms. The van der Waals surface area contributed by atoms with Crippen LogP contribution in [0, 0.1) is 0 Å². The predicted molar refractivity (Wildman–Crippen MR) is 65.3 cm³/mol. The minimum absolute atomic E-state index is 0.148. The molecule has 3 heteroatoms. The van der Waals surface area contributed by atoms with Gasteiger partial charge in [0.1, 0.15) is 5.75 Å². The van der Waals surface area contributed by atoms with Crippen molar-refractivity contribution >= 4 is 5.97 Å². The summed E-state index contributed by atoms with van der Waals surface area (Å²) in [4.78, 5) is 10.5. The van der Waals surface area contributed by atoms with Crippen molar-refractivity contribution in [3.05, 3.63) is 29.3 Å². The number of aliphatic carboxylic acids is 1. The fourth-order valence-electron chi connectivity index (χ4n) is 2.57. The van der Waals surface area contributed by atoms with Gasteiger partial charge in [0.05, 0.1) is 0 Å². The molecule has 0 aliphatic heterocycles. The third-order valence-electron chi connectivity index (χ3n) is 3.51. The molecule has 2 rings (SSSR count). The Morgan fingerprint density at radius 2 is 2.00 bits per heavy atom. The number of hydrogen-bond donors (Lipinski definition) is 2. The van der Waals surface area contributed by atoms with Crippen LogP contribution in [0.5, 0.6) is 5.75 Å². The Morgan fingerprint density at radius 1 is 1.29 bits per heavy atom. The molecule has 0 aromatic heterocycles. The zero-order valence-corrected chi connectivity index (χ0v) is 9.85. The predicted octanol–water partition coefficient (Wildman–Crippen LogP) is 3.07. The van der Waals surface area contributed by atoms with Crippen LogP contribution in [0.3, 0.4) is 0 Å². The quantitative estimate of drug-likeness (QED) is 0.841. The fraction of sp³-hybridized carbons (Fsp3) is 0.500. The monoisotopic (exact) mass is 234 g/mol. The molecule has 1 saturated carbocycles. The van der Waals surface area contributed by atoms with Crippen molar-refractivity contribution in [2.45, 2.75) is 44.4 Å². The second-order valence-electron chi connectivity index (χ2n) is 4.77. The molecular weight excluding hydrogens is 216 g/mol. The van der Waals surface area contributed by atoms with Crippen molar-refractivity contribution in [2.75, 3.05) is 0 Å². The molecule has 0 amide bonds. The molecule has 2 N–H and O–H groups in total. The van der Waals surface area contributed by atoms with Crippen molar-refractivity contribution in [1.82, 2.24) is 0 Å². The third-order valence-corrected chi connectivity index (χ3v) is 3.51. The van der Waals surface area contributed by atoms with E-state index in [4.69, 9.17) is 5.11 Å². The largest absolute Gasteiger partial charge is 0.508 e. The van der Waals surface area contributed by atoms with Gasteiger partial charge in [-0.3, -0.25) is 4.79 Å². The lowest BCUT2D eigenvalue weighted by atomic mass is 9.94. The minimum Gasteiger partial charge on any atom is -0.508 e. The Kier molecular flexibility index (Phi) is 3.67. The van der Waals surface area contributed by atoms with Gasteiger partial charge in [0.2, 0.25) is 0 Å². The van der Waals surface area contributed by atoms with Gasteiger partial charge in [0, 0.05) is 6.42 Å². The molecule has 0 radical (unpaired) electrons. The number of phenolic OH excluding ortho intramolecular Hbond substituents is 1. The van der Waals surface area contributed by atoms with Crippen LogP contribution >= 0.6 is 0 Å². The van der Waals surface area contributed by atoms with Gasteiger partial charge in [0.15, 0.2) is 0 Å². The van der Waals surface area contributed by atoms with Crippen LogP contribution in [0.2, 0.25) is 0 Å². The van der Waals surface area contributed by atoms with Gasteiger partial charge in [-0.2, -0.15) is 0 Å². The first-order chi connectivity index (χ1) is 8.16. The molecule has 1 aromatic carbocycles. The number of aromatic hydroxyl groups is 1. The smallest absolute Gasteiger partial charge is 0.303 e. The van der Waals surface area contributed by atoms with E-state index in [1.165, 1.54) is 12.8 Å². The third kappa shape index (κ3) is 2.99. The lowest BCUT2D eigenvalue weighted by Gasteiger charge is -2.13. The number of carboxylic acid groups (broad SMARTS) is 1. The average Bonchev–Trinajstić information content (AvgIpc) is 2.81. The summed E-state index contributed by atoms with van der Waals surface area (Å²) >= 11 is 0. The average molecular weight is 234 g/mol. The SMILES string of the molecule is O=C(O)CCc1ccc(O)c(C2CCCC2)c1. The number of hydrogen-bond acceptors (Lipinski definition) is 2. The van der Waals surface area contributed by atoms with E-state index in [-0.39, 0.29) is 6.42 Å². The zero-order valence-electron chi connectivity index (χ0n) is 9.85. The second-order valence-corrected chi connectivity index (χ2v) is 4.77. The maximum Gasteiger partial charge on any atom is 0.303 e. The molecule has 1 fully saturated rings. The number of aryl methyl sites for hydroxylation is 1. The van der Waals surface area contributed by atoms with E-state index >= 15 is 0 Å². The Bertz CT molecular complexity index is 406. The molecular formula is C14H18O3. The van der Waals surface area contributed by atoms with Crippen molar-refractivity contribution in [3.8, 4) is 5.75 Å². The van der Waals surface area contributed by atoms with E-state index in [0.717, 1.165) is 24.0 Å². The molecule has 1 aliphatic rings. The maximum absolute atomic E-state index is 10.5. The van der Waals surface area contributed by atoms with E-state index in [0.29, 0.717) is 18.1 Å². The van der Waals surface area contributed by atoms with Gasteiger partial charge in [0.25, 0.3) is 0 Å². The van der Waals surface area contributed by atoms with Crippen LogP contribution in [0.25, 0.3) is 0 Å². The van der Waals surface area contributed by atoms with Crippen LogP contribution in [0.1, 0.15) is 49.1 Å². The maximum atomic E-state index is 10.5. The summed E-state index contributed by atoms with van der Waals surface area (Å²) in [6.07, 6.45) is 5.41. The molecule has 0 spiro atoms. The summed E-state index contributed by atoms with van der Waals surface area (Å²) < 4.78 is 0. The van der Waals surface area contributed by atoms with Gasteiger partial charge in [-0.25, -0.2) is 0 Å². The van der Waals surface area contributed by atoms with Gasteiger partial charge < -0.3 is 10.2 Å². The Hall–Kier alpha value is -1.51. The summed E-state index contributed by atoms with van der Waals surface area (Å²) in [5, 5.41) is 18.5. The highest BCUT2D eigenvalue weighted by atomic mass is 16.4. The number of phenols is 1. The summed E-state index contributed by atoms with van der Waals surface area (Å²) in [6, 6.07) is 5.50. The van der Waals surface area contributed by atoms with Crippen LogP contribution in [-0.4, -0.2) is 16.2 Å².